The molecule has 0 aliphatic heterocycles. The van der Waals surface area contributed by atoms with Gasteiger partial charge in [0.15, 0.2) is 0 Å². The molecule has 0 spiro atoms. The molecule has 0 atom stereocenters. The van der Waals surface area contributed by atoms with E-state index >= 15 is 0 Å². The number of carboxylic acid groups (broad SMARTS) is 1. The van der Waals surface area contributed by atoms with Crippen LogP contribution in [-0.2, 0) is 13.0 Å². The summed E-state index contributed by atoms with van der Waals surface area (Å²) in [6, 6.07) is 12.5. The van der Waals surface area contributed by atoms with Gasteiger partial charge in [-0.25, -0.2) is 4.39 Å². The first-order valence-corrected chi connectivity index (χ1v) is 9.12. The summed E-state index contributed by atoms with van der Waals surface area (Å²) >= 11 is 11.9. The fourth-order valence-electron chi connectivity index (χ4n) is 2.67. The normalized spacial score (nSPS) is 10.7. The maximum atomic E-state index is 14.0. The van der Waals surface area contributed by atoms with Crippen LogP contribution in [0.15, 0.2) is 48.5 Å². The van der Waals surface area contributed by atoms with Crippen molar-refractivity contribution in [2.45, 2.75) is 20.0 Å². The number of carbonyl (C=O) groups is 1. The van der Waals surface area contributed by atoms with Gasteiger partial charge in [0.05, 0.1) is 11.7 Å². The Morgan fingerprint density at radius 1 is 1.07 bits per heavy atom. The summed E-state index contributed by atoms with van der Waals surface area (Å²) in [6.07, 6.45) is 0.298. The van der Waals surface area contributed by atoms with Crippen LogP contribution in [0.5, 0.6) is 5.75 Å². The number of aromatic nitrogens is 1. The number of hydrogen-bond donors (Lipinski definition) is 0. The minimum absolute atomic E-state index is 0.00311. The highest BCUT2D eigenvalue weighted by molar-refractivity contribution is 6.30. The van der Waals surface area contributed by atoms with Crippen LogP contribution in [0, 0.1) is 12.7 Å². The van der Waals surface area contributed by atoms with E-state index in [9.17, 15) is 14.3 Å². The zero-order valence-electron chi connectivity index (χ0n) is 14.8. The maximum Gasteiger partial charge on any atom is 0.131 e. The molecule has 0 radical (unpaired) electrons. The van der Waals surface area contributed by atoms with Crippen molar-refractivity contribution in [2.75, 3.05) is 0 Å². The molecule has 1 heterocycles. The summed E-state index contributed by atoms with van der Waals surface area (Å²) in [4.78, 5) is 15.2. The summed E-state index contributed by atoms with van der Waals surface area (Å²) in [5.41, 5.74) is 2.30. The average Bonchev–Trinajstić information content (AvgIpc) is 2.64. The SMILES string of the molecule is Cc1ccc(C(=O)[O-])nc1Cc1cc(Cl)ccc1OCc1ccc(Cl)cc1F. The van der Waals surface area contributed by atoms with Crippen LogP contribution in [0.1, 0.15) is 32.9 Å². The van der Waals surface area contributed by atoms with Crippen LogP contribution in [0.25, 0.3) is 0 Å². The summed E-state index contributed by atoms with van der Waals surface area (Å²) in [5.74, 6) is -1.30. The van der Waals surface area contributed by atoms with Crippen LogP contribution < -0.4 is 9.84 Å². The molecule has 3 aromatic rings. The number of aryl methyl sites for hydroxylation is 1. The topological polar surface area (TPSA) is 62.2 Å². The van der Waals surface area contributed by atoms with Gasteiger partial charge in [-0.1, -0.05) is 35.3 Å². The summed E-state index contributed by atoms with van der Waals surface area (Å²) in [7, 11) is 0. The minimum Gasteiger partial charge on any atom is -0.543 e. The molecule has 1 aromatic heterocycles. The van der Waals surface area contributed by atoms with Gasteiger partial charge in [-0.2, -0.15) is 0 Å². The number of nitrogens with zero attached hydrogens (tertiary/aromatic N) is 1. The standard InChI is InChI=1S/C21H16Cl2FNO3/c1-12-2-6-18(21(26)27)25-19(12)9-14-8-15(22)5-7-20(14)28-11-13-3-4-16(23)10-17(13)24/h2-8,10H,9,11H2,1H3,(H,26,27)/p-1. The Morgan fingerprint density at radius 3 is 2.50 bits per heavy atom. The van der Waals surface area contributed by atoms with E-state index in [-0.39, 0.29) is 12.3 Å². The van der Waals surface area contributed by atoms with Crippen LogP contribution >= 0.6 is 23.2 Å². The van der Waals surface area contributed by atoms with Crippen molar-refractivity contribution in [2.24, 2.45) is 0 Å². The van der Waals surface area contributed by atoms with Gasteiger partial charge in [0, 0.05) is 33.3 Å². The third kappa shape index (κ3) is 4.80. The Hall–Kier alpha value is -2.63. The number of ether oxygens (including phenoxy) is 1. The minimum atomic E-state index is -1.35. The molecule has 7 heteroatoms. The molecule has 3 rings (SSSR count). The number of halogens is 3. The largest absolute Gasteiger partial charge is 0.543 e. The van der Waals surface area contributed by atoms with E-state index in [1.165, 1.54) is 12.1 Å². The highest BCUT2D eigenvalue weighted by Crippen LogP contribution is 2.27. The zero-order chi connectivity index (χ0) is 20.3. The van der Waals surface area contributed by atoms with E-state index < -0.39 is 11.8 Å². The van der Waals surface area contributed by atoms with Crippen LogP contribution in [0.3, 0.4) is 0 Å². The summed E-state index contributed by atoms with van der Waals surface area (Å²) in [5, 5.41) is 11.9. The second kappa shape index (κ2) is 8.59. The van der Waals surface area contributed by atoms with Crippen LogP contribution in [0.4, 0.5) is 4.39 Å². The second-order valence-electron chi connectivity index (χ2n) is 6.20. The molecule has 0 N–H and O–H groups in total. The van der Waals surface area contributed by atoms with E-state index in [0.29, 0.717) is 39.0 Å². The van der Waals surface area contributed by atoms with Gasteiger partial charge in [0.1, 0.15) is 18.2 Å². The van der Waals surface area contributed by atoms with Crippen molar-refractivity contribution < 1.29 is 19.0 Å². The third-order valence-electron chi connectivity index (χ3n) is 4.19. The Balaban J connectivity index is 1.87. The van der Waals surface area contributed by atoms with Gasteiger partial charge in [-0.05, 0) is 48.9 Å². The molecule has 0 amide bonds. The number of benzene rings is 2. The van der Waals surface area contributed by atoms with Gasteiger partial charge in [-0.15, -0.1) is 0 Å². The van der Waals surface area contributed by atoms with Gasteiger partial charge in [0.2, 0.25) is 0 Å². The fourth-order valence-corrected chi connectivity index (χ4v) is 3.02. The Morgan fingerprint density at radius 2 is 1.79 bits per heavy atom. The predicted molar refractivity (Wildman–Crippen MR) is 103 cm³/mol. The number of hydrogen-bond acceptors (Lipinski definition) is 4. The highest BCUT2D eigenvalue weighted by Gasteiger charge is 2.12. The fraction of sp³-hybridized carbons (Fsp3) is 0.143. The number of aromatic carboxylic acids is 1. The monoisotopic (exact) mass is 418 g/mol. The van der Waals surface area contributed by atoms with Gasteiger partial charge in [-0.3, -0.25) is 4.98 Å². The van der Waals surface area contributed by atoms with Crippen molar-refractivity contribution in [3.63, 3.8) is 0 Å². The molecule has 0 bridgehead atoms. The lowest BCUT2D eigenvalue weighted by Gasteiger charge is -2.14. The van der Waals surface area contributed by atoms with Crippen LogP contribution in [-0.4, -0.2) is 11.0 Å². The van der Waals surface area contributed by atoms with E-state index in [1.54, 1.807) is 36.4 Å². The van der Waals surface area contributed by atoms with Crippen molar-refractivity contribution in [3.05, 3.63) is 92.5 Å². The van der Waals surface area contributed by atoms with Gasteiger partial charge in [0.25, 0.3) is 0 Å². The molecular weight excluding hydrogens is 404 g/mol. The predicted octanol–water partition coefficient (Wildman–Crippen LogP) is 4.37. The molecular formula is C21H15Cl2FNO3-. The van der Waals surface area contributed by atoms with Gasteiger partial charge < -0.3 is 14.6 Å². The molecule has 0 saturated heterocycles. The molecule has 2 aromatic carbocycles. The van der Waals surface area contributed by atoms with Crippen molar-refractivity contribution in [1.29, 1.82) is 0 Å². The van der Waals surface area contributed by atoms with Gasteiger partial charge >= 0.3 is 0 Å². The summed E-state index contributed by atoms with van der Waals surface area (Å²) < 4.78 is 19.8. The maximum absolute atomic E-state index is 14.0. The van der Waals surface area contributed by atoms with Crippen molar-refractivity contribution in [1.82, 2.24) is 4.98 Å². The van der Waals surface area contributed by atoms with Crippen molar-refractivity contribution >= 4 is 29.2 Å². The molecule has 144 valence electrons. The number of pyridine rings is 1. The Labute approximate surface area is 171 Å². The lowest BCUT2D eigenvalue weighted by Crippen LogP contribution is -2.24. The summed E-state index contributed by atoms with van der Waals surface area (Å²) in [6.45, 7) is 1.83. The average molecular weight is 419 g/mol. The number of carboxylic acids is 1. The third-order valence-corrected chi connectivity index (χ3v) is 4.66. The Kier molecular flexibility index (Phi) is 6.17. The highest BCUT2D eigenvalue weighted by atomic mass is 35.5. The molecule has 0 fully saturated rings. The first-order chi connectivity index (χ1) is 13.3. The molecule has 4 nitrogen and oxygen atoms in total. The quantitative estimate of drug-likeness (QED) is 0.596. The smallest absolute Gasteiger partial charge is 0.131 e. The first kappa shape index (κ1) is 20.1. The second-order valence-corrected chi connectivity index (χ2v) is 7.07. The first-order valence-electron chi connectivity index (χ1n) is 8.36. The van der Waals surface area contributed by atoms with E-state index in [4.69, 9.17) is 27.9 Å². The van der Waals surface area contributed by atoms with E-state index in [1.807, 2.05) is 6.92 Å². The molecule has 0 aliphatic rings. The lowest BCUT2D eigenvalue weighted by atomic mass is 10.0. The Bertz CT molecular complexity index is 1040. The molecule has 0 aliphatic carbocycles. The molecule has 28 heavy (non-hydrogen) atoms. The zero-order valence-corrected chi connectivity index (χ0v) is 16.4. The van der Waals surface area contributed by atoms with E-state index in [0.717, 1.165) is 5.56 Å². The molecule has 0 saturated carbocycles. The molecule has 0 unspecified atom stereocenters. The van der Waals surface area contributed by atoms with E-state index in [2.05, 4.69) is 4.98 Å². The van der Waals surface area contributed by atoms with Crippen molar-refractivity contribution in [3.8, 4) is 5.75 Å². The number of carbonyl (C=O) groups excluding carboxylic acids is 1. The number of rotatable bonds is 6. The van der Waals surface area contributed by atoms with Crippen LogP contribution in [0.2, 0.25) is 10.0 Å². The lowest BCUT2D eigenvalue weighted by molar-refractivity contribution is -0.255.